The largest absolute Gasteiger partial charge is 0.493 e. The van der Waals surface area contributed by atoms with Gasteiger partial charge in [-0.05, 0) is 50.6 Å². The fraction of sp³-hybridized carbons (Fsp3) is 0.571. The summed E-state index contributed by atoms with van der Waals surface area (Å²) in [5, 5.41) is 3.16. The van der Waals surface area contributed by atoms with Crippen LogP contribution in [0.15, 0.2) is 12.1 Å². The molecule has 1 atom stereocenters. The molecular weight excluding hydrogens is 198 g/mol. The lowest BCUT2D eigenvalue weighted by atomic mass is 10.1. The van der Waals surface area contributed by atoms with Gasteiger partial charge < -0.3 is 10.1 Å². The van der Waals surface area contributed by atoms with Crippen LogP contribution in [0.3, 0.4) is 0 Å². The van der Waals surface area contributed by atoms with Gasteiger partial charge in [0, 0.05) is 12.5 Å². The predicted octanol–water partition coefficient (Wildman–Crippen LogP) is 2.85. The zero-order chi connectivity index (χ0) is 12.1. The lowest BCUT2D eigenvalue weighted by molar-refractivity contribution is 0.256. The van der Waals surface area contributed by atoms with E-state index < -0.39 is 0 Å². The third kappa shape index (κ3) is 3.53. The van der Waals surface area contributed by atoms with Crippen LogP contribution < -0.4 is 10.1 Å². The van der Waals surface area contributed by atoms with Crippen molar-refractivity contribution in [3.63, 3.8) is 0 Å². The highest BCUT2D eigenvalue weighted by molar-refractivity contribution is 5.41. The van der Waals surface area contributed by atoms with Crippen molar-refractivity contribution < 1.29 is 4.74 Å². The van der Waals surface area contributed by atoms with E-state index in [0.29, 0.717) is 5.92 Å². The average Bonchev–Trinajstić information content (AvgIpc) is 2.21. The maximum atomic E-state index is 5.87. The zero-order valence-corrected chi connectivity index (χ0v) is 11.1. The second-order valence-corrected chi connectivity index (χ2v) is 4.68. The molecule has 1 aromatic carbocycles. The molecule has 90 valence electrons. The molecule has 0 spiro atoms. The summed E-state index contributed by atoms with van der Waals surface area (Å²) in [5.41, 5.74) is 3.82. The van der Waals surface area contributed by atoms with Crippen molar-refractivity contribution in [2.24, 2.45) is 5.92 Å². The summed E-state index contributed by atoms with van der Waals surface area (Å²) < 4.78 is 5.87. The van der Waals surface area contributed by atoms with Crippen LogP contribution in [0, 0.1) is 26.7 Å². The number of benzene rings is 1. The SMILES string of the molecule is CNCC(C)COc1cc(C)cc(C)c1C. The lowest BCUT2D eigenvalue weighted by Gasteiger charge is -2.16. The monoisotopic (exact) mass is 221 g/mol. The minimum Gasteiger partial charge on any atom is -0.493 e. The summed E-state index contributed by atoms with van der Waals surface area (Å²) >= 11 is 0. The van der Waals surface area contributed by atoms with Gasteiger partial charge in [-0.2, -0.15) is 0 Å². The van der Waals surface area contributed by atoms with E-state index in [-0.39, 0.29) is 0 Å². The summed E-state index contributed by atoms with van der Waals surface area (Å²) in [7, 11) is 1.97. The molecule has 0 amide bonds. The Hall–Kier alpha value is -1.02. The van der Waals surface area contributed by atoms with E-state index in [1.54, 1.807) is 0 Å². The molecule has 0 bridgehead atoms. The molecule has 16 heavy (non-hydrogen) atoms. The van der Waals surface area contributed by atoms with Gasteiger partial charge in [0.05, 0.1) is 6.61 Å². The van der Waals surface area contributed by atoms with Crippen molar-refractivity contribution in [1.82, 2.24) is 5.32 Å². The minimum absolute atomic E-state index is 0.533. The first kappa shape index (κ1) is 13.0. The van der Waals surface area contributed by atoms with E-state index in [4.69, 9.17) is 4.74 Å². The fourth-order valence-electron chi connectivity index (χ4n) is 1.79. The summed E-state index contributed by atoms with van der Waals surface area (Å²) in [6.45, 7) is 10.3. The lowest BCUT2D eigenvalue weighted by Crippen LogP contribution is -2.21. The van der Waals surface area contributed by atoms with Crippen LogP contribution in [-0.2, 0) is 0 Å². The summed E-state index contributed by atoms with van der Waals surface area (Å²) in [4.78, 5) is 0. The van der Waals surface area contributed by atoms with Gasteiger partial charge in [0.1, 0.15) is 5.75 Å². The van der Waals surface area contributed by atoms with E-state index in [1.165, 1.54) is 16.7 Å². The average molecular weight is 221 g/mol. The highest BCUT2D eigenvalue weighted by Gasteiger charge is 2.06. The highest BCUT2D eigenvalue weighted by Crippen LogP contribution is 2.23. The van der Waals surface area contributed by atoms with Crippen molar-refractivity contribution in [3.05, 3.63) is 28.8 Å². The zero-order valence-electron chi connectivity index (χ0n) is 11.1. The summed E-state index contributed by atoms with van der Waals surface area (Å²) in [6.07, 6.45) is 0. The number of aryl methyl sites for hydroxylation is 2. The molecular formula is C14H23NO. The number of hydrogen-bond acceptors (Lipinski definition) is 2. The Morgan fingerprint density at radius 1 is 1.25 bits per heavy atom. The second kappa shape index (κ2) is 5.90. The van der Waals surface area contributed by atoms with Crippen molar-refractivity contribution in [2.75, 3.05) is 20.2 Å². The molecule has 0 heterocycles. The molecule has 2 nitrogen and oxygen atoms in total. The topological polar surface area (TPSA) is 21.3 Å². The predicted molar refractivity (Wildman–Crippen MR) is 69.2 cm³/mol. The smallest absolute Gasteiger partial charge is 0.122 e. The Bertz CT molecular complexity index is 347. The van der Waals surface area contributed by atoms with Crippen LogP contribution in [-0.4, -0.2) is 20.2 Å². The Labute approximate surface area is 99.0 Å². The Morgan fingerprint density at radius 2 is 1.94 bits per heavy atom. The number of ether oxygens (including phenoxy) is 1. The normalized spacial score (nSPS) is 12.6. The van der Waals surface area contributed by atoms with Gasteiger partial charge in [0.25, 0.3) is 0 Å². The van der Waals surface area contributed by atoms with Gasteiger partial charge >= 0.3 is 0 Å². The molecule has 1 aromatic rings. The summed E-state index contributed by atoms with van der Waals surface area (Å²) in [6, 6.07) is 4.31. The first-order chi connectivity index (χ1) is 7.54. The van der Waals surface area contributed by atoms with Crippen molar-refractivity contribution in [3.8, 4) is 5.75 Å². The van der Waals surface area contributed by atoms with Crippen LogP contribution in [0.4, 0.5) is 0 Å². The molecule has 0 saturated heterocycles. The van der Waals surface area contributed by atoms with Crippen LogP contribution in [0.2, 0.25) is 0 Å². The third-order valence-corrected chi connectivity index (χ3v) is 2.84. The van der Waals surface area contributed by atoms with Crippen molar-refractivity contribution in [2.45, 2.75) is 27.7 Å². The second-order valence-electron chi connectivity index (χ2n) is 4.68. The molecule has 1 rings (SSSR count). The van der Waals surface area contributed by atoms with Crippen LogP contribution in [0.5, 0.6) is 5.75 Å². The van der Waals surface area contributed by atoms with Crippen LogP contribution in [0.25, 0.3) is 0 Å². The fourth-order valence-corrected chi connectivity index (χ4v) is 1.79. The first-order valence-corrected chi connectivity index (χ1v) is 5.89. The summed E-state index contributed by atoms with van der Waals surface area (Å²) in [5.74, 6) is 1.56. The van der Waals surface area contributed by atoms with Crippen LogP contribution in [0.1, 0.15) is 23.6 Å². The Morgan fingerprint density at radius 3 is 2.56 bits per heavy atom. The maximum Gasteiger partial charge on any atom is 0.122 e. The van der Waals surface area contributed by atoms with Gasteiger partial charge in [0.15, 0.2) is 0 Å². The maximum absolute atomic E-state index is 5.87. The molecule has 2 heteroatoms. The molecule has 0 radical (unpaired) electrons. The standard InChI is InChI=1S/C14H23NO/c1-10-6-12(3)13(4)14(7-10)16-9-11(2)8-15-5/h6-7,11,15H,8-9H2,1-5H3. The molecule has 0 fully saturated rings. The first-order valence-electron chi connectivity index (χ1n) is 5.89. The molecule has 0 saturated carbocycles. The molecule has 1 unspecified atom stereocenters. The number of hydrogen-bond donors (Lipinski definition) is 1. The Kier molecular flexibility index (Phi) is 4.81. The van der Waals surface area contributed by atoms with Crippen LogP contribution >= 0.6 is 0 Å². The molecule has 0 aliphatic rings. The number of nitrogens with one attached hydrogen (secondary N) is 1. The quantitative estimate of drug-likeness (QED) is 0.825. The minimum atomic E-state index is 0.533. The van der Waals surface area contributed by atoms with Gasteiger partial charge in [-0.15, -0.1) is 0 Å². The van der Waals surface area contributed by atoms with Gasteiger partial charge in [0.2, 0.25) is 0 Å². The van der Waals surface area contributed by atoms with E-state index in [0.717, 1.165) is 18.9 Å². The highest BCUT2D eigenvalue weighted by atomic mass is 16.5. The van der Waals surface area contributed by atoms with E-state index in [2.05, 4.69) is 45.1 Å². The Balaban J connectivity index is 2.66. The molecule has 0 aromatic heterocycles. The molecule has 1 N–H and O–H groups in total. The van der Waals surface area contributed by atoms with E-state index >= 15 is 0 Å². The van der Waals surface area contributed by atoms with E-state index in [1.807, 2.05) is 7.05 Å². The third-order valence-electron chi connectivity index (χ3n) is 2.84. The van der Waals surface area contributed by atoms with Gasteiger partial charge in [-0.1, -0.05) is 13.0 Å². The van der Waals surface area contributed by atoms with Gasteiger partial charge in [-0.25, -0.2) is 0 Å². The number of rotatable bonds is 5. The molecule has 0 aliphatic carbocycles. The van der Waals surface area contributed by atoms with Crippen molar-refractivity contribution in [1.29, 1.82) is 0 Å². The van der Waals surface area contributed by atoms with Gasteiger partial charge in [-0.3, -0.25) is 0 Å². The van der Waals surface area contributed by atoms with Crippen molar-refractivity contribution >= 4 is 0 Å². The van der Waals surface area contributed by atoms with E-state index in [9.17, 15) is 0 Å². The molecule has 0 aliphatic heterocycles.